The summed E-state index contributed by atoms with van der Waals surface area (Å²) < 4.78 is 5.80. The molecule has 0 aliphatic heterocycles. The van der Waals surface area contributed by atoms with Crippen molar-refractivity contribution in [2.24, 2.45) is 0 Å². The van der Waals surface area contributed by atoms with E-state index in [-0.39, 0.29) is 11.7 Å². The Labute approximate surface area is 165 Å². The van der Waals surface area contributed by atoms with Gasteiger partial charge >= 0.3 is 0 Å². The van der Waals surface area contributed by atoms with Gasteiger partial charge in [-0.05, 0) is 56.2 Å². The van der Waals surface area contributed by atoms with Crippen LogP contribution in [-0.2, 0) is 4.79 Å². The average Bonchev–Trinajstić information content (AvgIpc) is 2.67. The SMILES string of the molecule is Cc1cc(C)cc(OC(C)C(=O)Nc2ccccc2C(=O)c2ccccc2)c1. The van der Waals surface area contributed by atoms with E-state index in [0.717, 1.165) is 11.1 Å². The normalized spacial score (nSPS) is 11.5. The molecule has 0 aromatic heterocycles. The number of para-hydroxylation sites is 1. The molecule has 1 unspecified atom stereocenters. The Morgan fingerprint density at radius 3 is 2.14 bits per heavy atom. The van der Waals surface area contributed by atoms with E-state index in [1.807, 2.05) is 50.2 Å². The Bertz CT molecular complexity index is 975. The van der Waals surface area contributed by atoms with Crippen LogP contribution in [0.4, 0.5) is 5.69 Å². The lowest BCUT2D eigenvalue weighted by Crippen LogP contribution is -2.30. The number of nitrogens with one attached hydrogen (secondary N) is 1. The second kappa shape index (κ2) is 8.53. The predicted octanol–water partition coefficient (Wildman–Crippen LogP) is 4.94. The standard InChI is InChI=1S/C24H23NO3/c1-16-13-17(2)15-20(14-16)28-18(3)24(27)25-22-12-8-7-11-21(22)23(26)19-9-5-4-6-10-19/h4-15,18H,1-3H3,(H,25,27). The van der Waals surface area contributed by atoms with Gasteiger partial charge in [0.2, 0.25) is 0 Å². The first kappa shape index (κ1) is 19.4. The van der Waals surface area contributed by atoms with Crippen LogP contribution in [0.5, 0.6) is 5.75 Å². The summed E-state index contributed by atoms with van der Waals surface area (Å²) in [6.45, 7) is 5.65. The average molecular weight is 373 g/mol. The molecule has 4 heteroatoms. The highest BCUT2D eigenvalue weighted by Crippen LogP contribution is 2.21. The molecule has 0 saturated heterocycles. The van der Waals surface area contributed by atoms with Gasteiger partial charge in [-0.15, -0.1) is 0 Å². The van der Waals surface area contributed by atoms with Crippen molar-refractivity contribution in [3.63, 3.8) is 0 Å². The van der Waals surface area contributed by atoms with E-state index in [0.29, 0.717) is 22.6 Å². The number of anilines is 1. The van der Waals surface area contributed by atoms with Gasteiger partial charge < -0.3 is 10.1 Å². The van der Waals surface area contributed by atoms with Crippen LogP contribution >= 0.6 is 0 Å². The maximum absolute atomic E-state index is 12.8. The lowest BCUT2D eigenvalue weighted by Gasteiger charge is -2.17. The molecular formula is C24H23NO3. The number of rotatable bonds is 6. The molecule has 0 spiro atoms. The van der Waals surface area contributed by atoms with Gasteiger partial charge in [0, 0.05) is 11.1 Å². The molecular weight excluding hydrogens is 350 g/mol. The Morgan fingerprint density at radius 1 is 0.857 bits per heavy atom. The first-order chi connectivity index (χ1) is 13.4. The van der Waals surface area contributed by atoms with Gasteiger partial charge in [0.15, 0.2) is 11.9 Å². The zero-order valence-corrected chi connectivity index (χ0v) is 16.2. The summed E-state index contributed by atoms with van der Waals surface area (Å²) in [5.41, 5.74) is 3.63. The predicted molar refractivity (Wildman–Crippen MR) is 111 cm³/mol. The van der Waals surface area contributed by atoms with Crippen LogP contribution in [0, 0.1) is 13.8 Å². The number of amides is 1. The first-order valence-electron chi connectivity index (χ1n) is 9.18. The number of ketones is 1. The fourth-order valence-corrected chi connectivity index (χ4v) is 3.03. The molecule has 1 amide bonds. The van der Waals surface area contributed by atoms with E-state index < -0.39 is 6.10 Å². The number of benzene rings is 3. The minimum absolute atomic E-state index is 0.139. The molecule has 4 nitrogen and oxygen atoms in total. The number of hydrogen-bond acceptors (Lipinski definition) is 3. The Balaban J connectivity index is 1.76. The molecule has 0 bridgehead atoms. The molecule has 0 saturated carbocycles. The fourth-order valence-electron chi connectivity index (χ4n) is 3.03. The van der Waals surface area contributed by atoms with Crippen LogP contribution in [0.15, 0.2) is 72.8 Å². The van der Waals surface area contributed by atoms with Crippen LogP contribution in [0.1, 0.15) is 34.0 Å². The topological polar surface area (TPSA) is 55.4 Å². The van der Waals surface area contributed by atoms with Gasteiger partial charge in [0.1, 0.15) is 5.75 Å². The Hall–Kier alpha value is -3.40. The zero-order valence-electron chi connectivity index (χ0n) is 16.2. The van der Waals surface area contributed by atoms with Gasteiger partial charge in [0.25, 0.3) is 5.91 Å². The number of carbonyl (C=O) groups excluding carboxylic acids is 2. The lowest BCUT2D eigenvalue weighted by molar-refractivity contribution is -0.122. The summed E-state index contributed by atoms with van der Waals surface area (Å²) >= 11 is 0. The number of hydrogen-bond donors (Lipinski definition) is 1. The van der Waals surface area contributed by atoms with Gasteiger partial charge in [0.05, 0.1) is 5.69 Å². The Morgan fingerprint density at radius 2 is 1.46 bits per heavy atom. The van der Waals surface area contributed by atoms with Crippen LogP contribution in [0.2, 0.25) is 0 Å². The third kappa shape index (κ3) is 4.65. The minimum atomic E-state index is -0.707. The molecule has 0 aliphatic rings. The summed E-state index contributed by atoms with van der Waals surface area (Å²) in [5.74, 6) is 0.195. The maximum Gasteiger partial charge on any atom is 0.265 e. The molecule has 142 valence electrons. The highest BCUT2D eigenvalue weighted by atomic mass is 16.5. The van der Waals surface area contributed by atoms with Crippen molar-refractivity contribution in [1.29, 1.82) is 0 Å². The number of ether oxygens (including phenoxy) is 1. The van der Waals surface area contributed by atoms with Crippen molar-refractivity contribution in [1.82, 2.24) is 0 Å². The van der Waals surface area contributed by atoms with E-state index in [4.69, 9.17) is 4.74 Å². The summed E-state index contributed by atoms with van der Waals surface area (Å²) in [7, 11) is 0. The highest BCUT2D eigenvalue weighted by Gasteiger charge is 2.19. The van der Waals surface area contributed by atoms with E-state index in [1.165, 1.54) is 0 Å². The van der Waals surface area contributed by atoms with Gasteiger partial charge in [-0.2, -0.15) is 0 Å². The van der Waals surface area contributed by atoms with Gasteiger partial charge in [-0.1, -0.05) is 48.5 Å². The summed E-state index contributed by atoms with van der Waals surface area (Å²) in [6.07, 6.45) is -0.707. The van der Waals surface area contributed by atoms with Gasteiger partial charge in [-0.25, -0.2) is 0 Å². The van der Waals surface area contributed by atoms with Crippen molar-refractivity contribution >= 4 is 17.4 Å². The first-order valence-corrected chi connectivity index (χ1v) is 9.18. The van der Waals surface area contributed by atoms with Crippen LogP contribution in [0.3, 0.4) is 0 Å². The van der Waals surface area contributed by atoms with E-state index in [2.05, 4.69) is 5.32 Å². The van der Waals surface area contributed by atoms with Crippen molar-refractivity contribution in [3.05, 3.63) is 95.1 Å². The third-order valence-corrected chi connectivity index (χ3v) is 4.34. The zero-order chi connectivity index (χ0) is 20.1. The molecule has 3 aromatic rings. The second-order valence-electron chi connectivity index (χ2n) is 6.81. The van der Waals surface area contributed by atoms with Crippen molar-refractivity contribution in [2.45, 2.75) is 26.9 Å². The van der Waals surface area contributed by atoms with Crippen LogP contribution < -0.4 is 10.1 Å². The quantitative estimate of drug-likeness (QED) is 0.623. The van der Waals surface area contributed by atoms with Gasteiger partial charge in [-0.3, -0.25) is 9.59 Å². The second-order valence-corrected chi connectivity index (χ2v) is 6.81. The summed E-state index contributed by atoms with van der Waals surface area (Å²) in [4.78, 5) is 25.5. The van der Waals surface area contributed by atoms with E-state index in [1.54, 1.807) is 43.3 Å². The molecule has 3 rings (SSSR count). The molecule has 0 aliphatic carbocycles. The maximum atomic E-state index is 12.8. The molecule has 28 heavy (non-hydrogen) atoms. The van der Waals surface area contributed by atoms with E-state index >= 15 is 0 Å². The fraction of sp³-hybridized carbons (Fsp3) is 0.167. The minimum Gasteiger partial charge on any atom is -0.481 e. The van der Waals surface area contributed by atoms with Crippen LogP contribution in [0.25, 0.3) is 0 Å². The smallest absolute Gasteiger partial charge is 0.265 e. The molecule has 0 heterocycles. The highest BCUT2D eigenvalue weighted by molar-refractivity contribution is 6.14. The number of aryl methyl sites for hydroxylation is 2. The lowest BCUT2D eigenvalue weighted by atomic mass is 10.0. The molecule has 1 N–H and O–H groups in total. The molecule has 0 radical (unpaired) electrons. The van der Waals surface area contributed by atoms with Crippen LogP contribution in [-0.4, -0.2) is 17.8 Å². The molecule has 3 aromatic carbocycles. The Kier molecular flexibility index (Phi) is 5.90. The van der Waals surface area contributed by atoms with E-state index in [9.17, 15) is 9.59 Å². The molecule has 0 fully saturated rings. The number of carbonyl (C=O) groups is 2. The summed E-state index contributed by atoms with van der Waals surface area (Å²) in [5, 5.41) is 2.83. The third-order valence-electron chi connectivity index (χ3n) is 4.34. The monoisotopic (exact) mass is 373 g/mol. The van der Waals surface area contributed by atoms with Crippen molar-refractivity contribution in [2.75, 3.05) is 5.32 Å². The molecule has 1 atom stereocenters. The largest absolute Gasteiger partial charge is 0.481 e. The summed E-state index contributed by atoms with van der Waals surface area (Å²) in [6, 6.07) is 21.8. The van der Waals surface area contributed by atoms with Crippen molar-refractivity contribution < 1.29 is 14.3 Å². The van der Waals surface area contributed by atoms with Crippen molar-refractivity contribution in [3.8, 4) is 5.75 Å².